The highest BCUT2D eigenvalue weighted by molar-refractivity contribution is 5.70. The van der Waals surface area contributed by atoms with Crippen LogP contribution < -0.4 is 5.32 Å². The predicted octanol–water partition coefficient (Wildman–Crippen LogP) is 0.480. The van der Waals surface area contributed by atoms with E-state index in [9.17, 15) is 9.59 Å². The number of hydrogen-bond donors (Lipinski definition) is 1. The summed E-state index contributed by atoms with van der Waals surface area (Å²) in [5, 5.41) is 3.19. The van der Waals surface area contributed by atoms with Crippen LogP contribution in [0.5, 0.6) is 0 Å². The zero-order valence-corrected chi connectivity index (χ0v) is 19.6. The summed E-state index contributed by atoms with van der Waals surface area (Å²) >= 11 is 0. The average Bonchev–Trinajstić information content (AvgIpc) is 2.82. The Morgan fingerprint density at radius 2 is 1.27 bits per heavy atom. The molecule has 0 saturated heterocycles. The van der Waals surface area contributed by atoms with Gasteiger partial charge >= 0.3 is 11.9 Å². The molecule has 0 radical (unpaired) electrons. The Hall–Kier alpha value is -1.86. The summed E-state index contributed by atoms with van der Waals surface area (Å²) in [6.45, 7) is 11.9. The monoisotopic (exact) mass is 477 g/mol. The minimum absolute atomic E-state index is 0.0115. The summed E-state index contributed by atoms with van der Waals surface area (Å²) in [6, 6.07) is 0. The maximum absolute atomic E-state index is 11.5. The highest BCUT2D eigenvalue weighted by Gasteiger charge is 2.14. The van der Waals surface area contributed by atoms with E-state index in [0.717, 1.165) is 0 Å². The number of carbonyl (C=O) groups is 2. The molecule has 192 valence electrons. The predicted molar refractivity (Wildman–Crippen MR) is 120 cm³/mol. The molecule has 0 fully saturated rings. The van der Waals surface area contributed by atoms with Crippen LogP contribution in [0.4, 0.5) is 0 Å². The Kier molecular flexibility index (Phi) is 23.4. The fraction of sp³-hybridized carbons (Fsp3) is 0.727. The van der Waals surface area contributed by atoms with E-state index in [4.69, 9.17) is 37.9 Å². The molecule has 0 aromatic carbocycles. The summed E-state index contributed by atoms with van der Waals surface area (Å²) in [7, 11) is 1.46. The van der Waals surface area contributed by atoms with Gasteiger partial charge < -0.3 is 43.2 Å². The number of esters is 2. The van der Waals surface area contributed by atoms with Gasteiger partial charge in [-0.2, -0.15) is 0 Å². The largest absolute Gasteiger partial charge is 0.461 e. The number of ether oxygens (including phenoxy) is 8. The second-order valence-electron chi connectivity index (χ2n) is 6.32. The van der Waals surface area contributed by atoms with Crippen LogP contribution >= 0.6 is 0 Å². The lowest BCUT2D eigenvalue weighted by atomic mass is 10.4. The van der Waals surface area contributed by atoms with E-state index in [1.165, 1.54) is 19.3 Å². The van der Waals surface area contributed by atoms with Gasteiger partial charge in [-0.3, -0.25) is 4.79 Å². The van der Waals surface area contributed by atoms with Crippen molar-refractivity contribution in [3.05, 3.63) is 25.3 Å². The molecule has 0 amide bonds. The molecule has 0 aromatic heterocycles. The highest BCUT2D eigenvalue weighted by atomic mass is 16.7. The zero-order valence-electron chi connectivity index (χ0n) is 19.6. The fourth-order valence-electron chi connectivity index (χ4n) is 2.10. The molecule has 0 heterocycles. The molecule has 0 saturated carbocycles. The van der Waals surface area contributed by atoms with Crippen molar-refractivity contribution in [1.82, 2.24) is 5.32 Å². The first-order valence-corrected chi connectivity index (χ1v) is 10.8. The maximum atomic E-state index is 11.5. The molecule has 11 heteroatoms. The average molecular weight is 478 g/mol. The van der Waals surface area contributed by atoms with Gasteiger partial charge in [-0.15, -0.1) is 0 Å². The Morgan fingerprint density at radius 1 is 0.758 bits per heavy atom. The number of hydrogen-bond acceptors (Lipinski definition) is 11. The Labute approximate surface area is 196 Å². The molecular formula is C22H39NO10. The molecule has 0 aliphatic carbocycles. The van der Waals surface area contributed by atoms with E-state index in [1.807, 2.05) is 0 Å². The van der Waals surface area contributed by atoms with E-state index in [2.05, 4.69) is 18.5 Å². The lowest BCUT2D eigenvalue weighted by Gasteiger charge is -2.15. The van der Waals surface area contributed by atoms with Crippen LogP contribution in [-0.4, -0.2) is 111 Å². The van der Waals surface area contributed by atoms with E-state index in [0.29, 0.717) is 65.9 Å². The smallest absolute Gasteiger partial charge is 0.332 e. The lowest BCUT2D eigenvalue weighted by molar-refractivity contribution is -0.166. The molecule has 11 nitrogen and oxygen atoms in total. The van der Waals surface area contributed by atoms with Gasteiger partial charge in [0.1, 0.15) is 19.8 Å². The first kappa shape index (κ1) is 31.1. The number of rotatable bonds is 25. The van der Waals surface area contributed by atoms with Gasteiger partial charge in [0.15, 0.2) is 6.29 Å². The van der Waals surface area contributed by atoms with Crippen LogP contribution in [0.3, 0.4) is 0 Å². The molecular weight excluding hydrogens is 438 g/mol. The summed E-state index contributed by atoms with van der Waals surface area (Å²) in [4.78, 5) is 22.6. The zero-order chi connectivity index (χ0) is 24.4. The van der Waals surface area contributed by atoms with Gasteiger partial charge in [0.25, 0.3) is 0 Å². The first-order valence-electron chi connectivity index (χ1n) is 10.8. The summed E-state index contributed by atoms with van der Waals surface area (Å²) in [5.74, 6) is -0.837. The third-order valence-corrected chi connectivity index (χ3v) is 3.66. The van der Waals surface area contributed by atoms with E-state index >= 15 is 0 Å². The van der Waals surface area contributed by atoms with E-state index < -0.39 is 18.2 Å². The summed E-state index contributed by atoms with van der Waals surface area (Å²) in [5.41, 5.74) is 0. The Morgan fingerprint density at radius 3 is 1.85 bits per heavy atom. The molecule has 1 unspecified atom stereocenters. The van der Waals surface area contributed by atoms with Crippen molar-refractivity contribution in [3.63, 3.8) is 0 Å². The Balaban J connectivity index is 3.30. The second kappa shape index (κ2) is 24.8. The van der Waals surface area contributed by atoms with Gasteiger partial charge in [0.2, 0.25) is 0 Å². The van der Waals surface area contributed by atoms with Crippen molar-refractivity contribution in [2.24, 2.45) is 0 Å². The van der Waals surface area contributed by atoms with Gasteiger partial charge in [0, 0.05) is 20.2 Å². The topological polar surface area (TPSA) is 120 Å². The van der Waals surface area contributed by atoms with Crippen molar-refractivity contribution >= 4 is 11.9 Å². The molecule has 0 rings (SSSR count). The van der Waals surface area contributed by atoms with Gasteiger partial charge in [-0.25, -0.2) is 4.79 Å². The minimum Gasteiger partial charge on any atom is -0.461 e. The second-order valence-corrected chi connectivity index (χ2v) is 6.32. The van der Waals surface area contributed by atoms with Crippen molar-refractivity contribution in [1.29, 1.82) is 0 Å². The minimum atomic E-state index is -0.663. The first-order chi connectivity index (χ1) is 16.1. The SMILES string of the molecule is C=CCOC(=O)COCCOCCOCCNCCOCCOC(CC(=O)OCC=C)OC. The van der Waals surface area contributed by atoms with Crippen molar-refractivity contribution in [2.75, 3.05) is 92.9 Å². The molecule has 1 N–H and O–H groups in total. The quantitative estimate of drug-likeness (QED) is 0.0855. The number of nitrogens with one attached hydrogen (secondary N) is 1. The van der Waals surface area contributed by atoms with Gasteiger partial charge in [-0.05, 0) is 0 Å². The Bertz CT molecular complexity index is 504. The van der Waals surface area contributed by atoms with Crippen molar-refractivity contribution < 1.29 is 47.5 Å². The van der Waals surface area contributed by atoms with Crippen LogP contribution in [0.15, 0.2) is 25.3 Å². The molecule has 1 atom stereocenters. The number of carbonyl (C=O) groups excluding carboxylic acids is 2. The van der Waals surface area contributed by atoms with Crippen LogP contribution in [0.2, 0.25) is 0 Å². The van der Waals surface area contributed by atoms with Crippen LogP contribution in [0.1, 0.15) is 6.42 Å². The summed E-state index contributed by atoms with van der Waals surface area (Å²) in [6.07, 6.45) is 2.34. The molecule has 0 bridgehead atoms. The maximum Gasteiger partial charge on any atom is 0.332 e. The van der Waals surface area contributed by atoms with E-state index in [1.54, 1.807) is 0 Å². The van der Waals surface area contributed by atoms with Crippen LogP contribution in [0.25, 0.3) is 0 Å². The highest BCUT2D eigenvalue weighted by Crippen LogP contribution is 2.01. The van der Waals surface area contributed by atoms with Gasteiger partial charge in [0.05, 0.1) is 59.3 Å². The molecule has 0 spiro atoms. The van der Waals surface area contributed by atoms with Crippen molar-refractivity contribution in [3.8, 4) is 0 Å². The molecule has 0 aromatic rings. The normalized spacial score (nSPS) is 11.7. The molecule has 0 aliphatic heterocycles. The lowest BCUT2D eigenvalue weighted by Crippen LogP contribution is -2.26. The van der Waals surface area contributed by atoms with Gasteiger partial charge in [-0.1, -0.05) is 25.3 Å². The molecule has 33 heavy (non-hydrogen) atoms. The molecule has 0 aliphatic rings. The van der Waals surface area contributed by atoms with Crippen LogP contribution in [0, 0.1) is 0 Å². The fourth-order valence-corrected chi connectivity index (χ4v) is 2.10. The third-order valence-electron chi connectivity index (χ3n) is 3.66. The summed E-state index contributed by atoms with van der Waals surface area (Å²) < 4.78 is 41.5. The van der Waals surface area contributed by atoms with Crippen LogP contribution in [-0.2, 0) is 47.5 Å². The van der Waals surface area contributed by atoms with E-state index in [-0.39, 0.29) is 26.2 Å². The third kappa shape index (κ3) is 23.1. The number of methoxy groups -OCH3 is 1. The standard InChI is InChI=1S/C22H39NO10/c1-4-8-31-20(24)18-22(26-3)33-17-16-28-11-7-23-6-10-27-12-13-29-14-15-30-19-21(25)32-9-5-2/h4-5,22-23H,1-2,6-19H2,3H3. The van der Waals surface area contributed by atoms with Crippen molar-refractivity contribution in [2.45, 2.75) is 12.7 Å².